The van der Waals surface area contributed by atoms with Gasteiger partial charge in [-0.2, -0.15) is 0 Å². The number of hydrogen-bond donors (Lipinski definition) is 4. The van der Waals surface area contributed by atoms with Gasteiger partial charge in [0.1, 0.15) is 5.56 Å². The molecule has 0 aliphatic heterocycles. The number of nitrogens with one attached hydrogen (secondary N) is 2. The molecule has 0 radical (unpaired) electrons. The molecular formula is C24H27FN4O3. The van der Waals surface area contributed by atoms with Gasteiger partial charge in [0.05, 0.1) is 22.3 Å². The SMILES string of the molecule is CCn1cc(C(=O)O)c(=O)c2c(N)c(F)c(NCCN[C@]3(C)C[C@@H]3c3ccccc3)cc21. The predicted octanol–water partition coefficient (Wildman–Crippen LogP) is 3.39. The number of aryl methyl sites for hydroxylation is 1. The zero-order valence-corrected chi connectivity index (χ0v) is 18.1. The van der Waals surface area contributed by atoms with Gasteiger partial charge in [0, 0.05) is 37.3 Å². The minimum absolute atomic E-state index is 0.0138. The Morgan fingerprint density at radius 1 is 1.31 bits per heavy atom. The number of carbonyl (C=O) groups is 1. The smallest absolute Gasteiger partial charge is 0.341 e. The number of hydrogen-bond acceptors (Lipinski definition) is 5. The molecule has 0 unspecified atom stereocenters. The number of carboxylic acids is 1. The van der Waals surface area contributed by atoms with Crippen LogP contribution in [0.5, 0.6) is 0 Å². The van der Waals surface area contributed by atoms with Gasteiger partial charge in [-0.05, 0) is 31.9 Å². The summed E-state index contributed by atoms with van der Waals surface area (Å²) < 4.78 is 16.5. The Balaban J connectivity index is 1.50. The summed E-state index contributed by atoms with van der Waals surface area (Å²) in [6, 6.07) is 11.9. The molecule has 2 atom stereocenters. The number of anilines is 2. The Kier molecular flexibility index (Phi) is 5.64. The largest absolute Gasteiger partial charge is 0.477 e. The van der Waals surface area contributed by atoms with Crippen LogP contribution < -0.4 is 21.8 Å². The van der Waals surface area contributed by atoms with Crippen molar-refractivity contribution in [2.24, 2.45) is 0 Å². The number of nitrogens with two attached hydrogens (primary N) is 1. The van der Waals surface area contributed by atoms with Gasteiger partial charge in [-0.1, -0.05) is 30.3 Å². The van der Waals surface area contributed by atoms with Crippen molar-refractivity contribution < 1.29 is 14.3 Å². The van der Waals surface area contributed by atoms with E-state index in [-0.39, 0.29) is 22.3 Å². The third-order valence-electron chi connectivity index (χ3n) is 6.32. The molecular weight excluding hydrogens is 411 g/mol. The van der Waals surface area contributed by atoms with Crippen LogP contribution >= 0.6 is 0 Å². The predicted molar refractivity (Wildman–Crippen MR) is 124 cm³/mol. The molecule has 1 aromatic heterocycles. The Labute approximate surface area is 185 Å². The molecule has 0 amide bonds. The van der Waals surface area contributed by atoms with Crippen molar-refractivity contribution >= 4 is 28.2 Å². The van der Waals surface area contributed by atoms with Gasteiger partial charge in [0.15, 0.2) is 5.82 Å². The Morgan fingerprint density at radius 2 is 2.03 bits per heavy atom. The quantitative estimate of drug-likeness (QED) is 0.317. The van der Waals surface area contributed by atoms with Crippen LogP contribution in [-0.2, 0) is 6.54 Å². The highest BCUT2D eigenvalue weighted by molar-refractivity contribution is 5.99. The van der Waals surface area contributed by atoms with Crippen molar-refractivity contribution in [3.8, 4) is 0 Å². The van der Waals surface area contributed by atoms with Crippen LogP contribution in [0.3, 0.4) is 0 Å². The van der Waals surface area contributed by atoms with Crippen molar-refractivity contribution in [2.75, 3.05) is 24.1 Å². The molecule has 1 aliphatic carbocycles. The van der Waals surface area contributed by atoms with Crippen LogP contribution in [0.1, 0.15) is 42.1 Å². The molecule has 1 heterocycles. The molecule has 2 aromatic carbocycles. The zero-order valence-electron chi connectivity index (χ0n) is 18.1. The first-order valence-electron chi connectivity index (χ1n) is 10.7. The van der Waals surface area contributed by atoms with Gasteiger partial charge in [-0.3, -0.25) is 4.79 Å². The first kappa shape index (κ1) is 21.8. The van der Waals surface area contributed by atoms with Crippen molar-refractivity contribution in [2.45, 2.75) is 38.3 Å². The van der Waals surface area contributed by atoms with Crippen molar-refractivity contribution in [3.05, 3.63) is 69.8 Å². The number of aromatic nitrogens is 1. The van der Waals surface area contributed by atoms with E-state index < -0.39 is 22.8 Å². The minimum Gasteiger partial charge on any atom is -0.477 e. The summed E-state index contributed by atoms with van der Waals surface area (Å²) in [5.41, 5.74) is 6.29. The Bertz CT molecular complexity index is 1240. The van der Waals surface area contributed by atoms with Gasteiger partial charge in [-0.25, -0.2) is 9.18 Å². The topological polar surface area (TPSA) is 109 Å². The van der Waals surface area contributed by atoms with Crippen LogP contribution in [-0.4, -0.2) is 34.3 Å². The summed E-state index contributed by atoms with van der Waals surface area (Å²) in [4.78, 5) is 24.0. The molecule has 1 fully saturated rings. The fourth-order valence-corrected chi connectivity index (χ4v) is 4.37. The van der Waals surface area contributed by atoms with Gasteiger partial charge in [0.2, 0.25) is 5.43 Å². The standard InChI is InChI=1S/C24H27FN4O3/c1-3-29-13-15(23(31)32)22(30)19-18(29)11-17(20(25)21(19)26)27-9-10-28-24(2)12-16(24)14-7-5-4-6-8-14/h4-8,11,13,16,27-28H,3,9-10,12,26H2,1-2H3,(H,31,32)/t16-,24-/m1/s1. The van der Waals surface area contributed by atoms with Gasteiger partial charge < -0.3 is 26.0 Å². The lowest BCUT2D eigenvalue weighted by Gasteiger charge is -2.17. The van der Waals surface area contributed by atoms with Crippen molar-refractivity contribution in [3.63, 3.8) is 0 Å². The second kappa shape index (κ2) is 8.27. The molecule has 3 aromatic rings. The maximum Gasteiger partial charge on any atom is 0.341 e. The highest BCUT2D eigenvalue weighted by Crippen LogP contribution is 2.50. The van der Waals surface area contributed by atoms with E-state index in [4.69, 9.17) is 5.73 Å². The number of nitrogen functional groups attached to an aromatic ring is 1. The summed E-state index contributed by atoms with van der Waals surface area (Å²) in [5.74, 6) is -1.66. The second-order valence-corrected chi connectivity index (χ2v) is 8.45. The van der Waals surface area contributed by atoms with E-state index >= 15 is 0 Å². The summed E-state index contributed by atoms with van der Waals surface area (Å²) in [5, 5.41) is 15.8. The van der Waals surface area contributed by atoms with E-state index in [0.717, 1.165) is 6.42 Å². The fraction of sp³-hybridized carbons (Fsp3) is 0.333. The van der Waals surface area contributed by atoms with E-state index in [1.165, 1.54) is 17.8 Å². The summed E-state index contributed by atoms with van der Waals surface area (Å²) >= 11 is 0. The highest BCUT2D eigenvalue weighted by Gasteiger charge is 2.50. The highest BCUT2D eigenvalue weighted by atomic mass is 19.1. The number of benzene rings is 2. The fourth-order valence-electron chi connectivity index (χ4n) is 4.37. The Morgan fingerprint density at radius 3 is 2.69 bits per heavy atom. The summed E-state index contributed by atoms with van der Waals surface area (Å²) in [7, 11) is 0. The third kappa shape index (κ3) is 3.82. The molecule has 0 saturated heterocycles. The third-order valence-corrected chi connectivity index (χ3v) is 6.32. The van der Waals surface area contributed by atoms with E-state index in [0.29, 0.717) is 31.1 Å². The van der Waals surface area contributed by atoms with Crippen LogP contribution in [0.4, 0.5) is 15.8 Å². The van der Waals surface area contributed by atoms with Crippen LogP contribution in [0, 0.1) is 5.82 Å². The summed E-state index contributed by atoms with van der Waals surface area (Å²) in [6.07, 6.45) is 2.32. The number of aromatic carboxylic acids is 1. The monoisotopic (exact) mass is 438 g/mol. The van der Waals surface area contributed by atoms with E-state index in [1.807, 2.05) is 25.1 Å². The van der Waals surface area contributed by atoms with E-state index in [2.05, 4.69) is 29.7 Å². The Hall–Kier alpha value is -3.39. The average Bonchev–Trinajstić information content (AvgIpc) is 3.46. The lowest BCUT2D eigenvalue weighted by Crippen LogP contribution is -2.34. The lowest BCUT2D eigenvalue weighted by atomic mass is 10.1. The molecule has 1 aliphatic rings. The van der Waals surface area contributed by atoms with E-state index in [9.17, 15) is 19.1 Å². The minimum atomic E-state index is -1.37. The number of rotatable bonds is 8. The molecule has 5 N–H and O–H groups in total. The van der Waals surface area contributed by atoms with Crippen LogP contribution in [0.15, 0.2) is 47.4 Å². The van der Waals surface area contributed by atoms with Gasteiger partial charge in [-0.15, -0.1) is 0 Å². The molecule has 32 heavy (non-hydrogen) atoms. The van der Waals surface area contributed by atoms with Crippen molar-refractivity contribution in [1.29, 1.82) is 0 Å². The lowest BCUT2D eigenvalue weighted by molar-refractivity contribution is 0.0695. The molecule has 8 heteroatoms. The number of carboxylic acid groups (broad SMARTS) is 1. The summed E-state index contributed by atoms with van der Waals surface area (Å²) in [6.45, 7) is 5.48. The van der Waals surface area contributed by atoms with Gasteiger partial charge >= 0.3 is 5.97 Å². The number of halogens is 1. The molecule has 7 nitrogen and oxygen atoms in total. The maximum absolute atomic E-state index is 14.9. The van der Waals surface area contributed by atoms with Gasteiger partial charge in [0.25, 0.3) is 0 Å². The zero-order chi connectivity index (χ0) is 23.0. The number of nitrogens with zero attached hydrogens (tertiary/aromatic N) is 1. The normalized spacial score (nSPS) is 19.8. The van der Waals surface area contributed by atoms with Crippen molar-refractivity contribution in [1.82, 2.24) is 9.88 Å². The molecule has 168 valence electrons. The van der Waals surface area contributed by atoms with Crippen LogP contribution in [0.25, 0.3) is 10.9 Å². The molecule has 0 spiro atoms. The first-order valence-corrected chi connectivity index (χ1v) is 10.7. The van der Waals surface area contributed by atoms with Crippen LogP contribution in [0.2, 0.25) is 0 Å². The first-order chi connectivity index (χ1) is 15.3. The van der Waals surface area contributed by atoms with E-state index in [1.54, 1.807) is 4.57 Å². The number of pyridine rings is 1. The maximum atomic E-state index is 14.9. The molecule has 1 saturated carbocycles. The number of fused-ring (bicyclic) bond motifs is 1. The second-order valence-electron chi connectivity index (χ2n) is 8.45. The average molecular weight is 439 g/mol. The molecule has 0 bridgehead atoms. The molecule has 4 rings (SSSR count).